The molecule has 4 bridgehead atoms. The maximum Gasteiger partial charge on any atom is 0.360 e. The molecule has 3 unspecified atom stereocenters. The molecule has 166 valence electrons. The maximum atomic E-state index is 13.3. The smallest absolute Gasteiger partial charge is 0.360 e. The number of hydrogen-bond acceptors (Lipinski definition) is 4. The summed E-state index contributed by atoms with van der Waals surface area (Å²) >= 11 is 0. The van der Waals surface area contributed by atoms with Crippen molar-refractivity contribution in [1.29, 1.82) is 0 Å². The normalized spacial score (nSPS) is 45.5. The van der Waals surface area contributed by atoms with Crippen LogP contribution in [0.15, 0.2) is 29.1 Å². The Morgan fingerprint density at radius 1 is 1.03 bits per heavy atom. The molecule has 1 saturated heterocycles. The molecule has 1 spiro atoms. The molecule has 6 aliphatic carbocycles. The molecule has 2 heterocycles. The van der Waals surface area contributed by atoms with E-state index in [1.165, 1.54) is 44.9 Å². The van der Waals surface area contributed by atoms with Gasteiger partial charge in [-0.3, -0.25) is 9.69 Å². The van der Waals surface area contributed by atoms with Gasteiger partial charge in [-0.15, -0.1) is 0 Å². The molecule has 32 heavy (non-hydrogen) atoms. The molecule has 7 aliphatic rings. The number of aromatic nitrogens is 2. The van der Waals surface area contributed by atoms with E-state index < -0.39 is 11.5 Å². The van der Waals surface area contributed by atoms with Gasteiger partial charge in [0.05, 0.1) is 11.0 Å². The summed E-state index contributed by atoms with van der Waals surface area (Å²) in [4.78, 5) is 32.3. The van der Waals surface area contributed by atoms with E-state index in [1.54, 1.807) is 0 Å². The summed E-state index contributed by atoms with van der Waals surface area (Å²) in [5, 5.41) is 9.64. The van der Waals surface area contributed by atoms with Crippen LogP contribution in [-0.2, 0) is 0 Å². The minimum absolute atomic E-state index is 0.0680. The van der Waals surface area contributed by atoms with E-state index in [-0.39, 0.29) is 11.7 Å². The summed E-state index contributed by atoms with van der Waals surface area (Å²) in [6, 6.07) is 8.87. The van der Waals surface area contributed by atoms with E-state index >= 15 is 0 Å². The van der Waals surface area contributed by atoms with Gasteiger partial charge >= 0.3 is 5.97 Å². The van der Waals surface area contributed by atoms with Crippen molar-refractivity contribution in [2.24, 2.45) is 23.2 Å². The van der Waals surface area contributed by atoms with Crippen molar-refractivity contribution < 1.29 is 9.90 Å². The standard InChI is InChI=1S/C26H29N3O3/c30-23-22(24(31)32)27-18-3-1-2-4-19(18)28(23)17-10-21-25(13-17)6-5-20(25)29(21)26-11-14-7-15(12-26)9-16(26)8-14/h1-4,14-17,20-21H,5-13H2,(H,31,32)/t14?,15?,16?,17-,20-,21-,25?,26?/m1/s1. The Morgan fingerprint density at radius 3 is 2.53 bits per heavy atom. The molecular weight excluding hydrogens is 402 g/mol. The van der Waals surface area contributed by atoms with Crippen LogP contribution in [0.3, 0.4) is 0 Å². The quantitative estimate of drug-likeness (QED) is 0.799. The van der Waals surface area contributed by atoms with Gasteiger partial charge in [-0.1, -0.05) is 12.1 Å². The Morgan fingerprint density at radius 2 is 1.81 bits per heavy atom. The molecule has 9 rings (SSSR count). The van der Waals surface area contributed by atoms with Crippen LogP contribution in [-0.4, -0.2) is 43.1 Å². The van der Waals surface area contributed by atoms with E-state index in [1.807, 2.05) is 28.8 Å². The van der Waals surface area contributed by atoms with E-state index in [4.69, 9.17) is 0 Å². The predicted octanol–water partition coefficient (Wildman–Crippen LogP) is 3.84. The van der Waals surface area contributed by atoms with Gasteiger partial charge in [-0.25, -0.2) is 9.78 Å². The predicted molar refractivity (Wildman–Crippen MR) is 119 cm³/mol. The number of likely N-dealkylation sites (tertiary alicyclic amines) is 1. The highest BCUT2D eigenvalue weighted by Gasteiger charge is 2.76. The second kappa shape index (κ2) is 5.64. The number of nitrogens with zero attached hydrogens (tertiary/aromatic N) is 3. The molecule has 0 radical (unpaired) electrons. The zero-order chi connectivity index (χ0) is 21.4. The molecular formula is C26H29N3O3. The van der Waals surface area contributed by atoms with E-state index in [9.17, 15) is 14.7 Å². The second-order valence-electron chi connectivity index (χ2n) is 11.9. The average Bonchev–Trinajstić information content (AvgIpc) is 3.34. The molecule has 0 amide bonds. The highest BCUT2D eigenvalue weighted by atomic mass is 16.4. The number of piperidine rings is 1. The summed E-state index contributed by atoms with van der Waals surface area (Å²) < 4.78 is 1.81. The molecule has 6 atom stereocenters. The average molecular weight is 432 g/mol. The molecule has 1 aromatic carbocycles. The zero-order valence-electron chi connectivity index (χ0n) is 18.2. The minimum Gasteiger partial charge on any atom is -0.476 e. The number of carbonyl (C=O) groups is 1. The third-order valence-electron chi connectivity index (χ3n) is 10.8. The van der Waals surface area contributed by atoms with Crippen LogP contribution in [0.2, 0.25) is 0 Å². The Labute approximate surface area is 186 Å². The SMILES string of the molecule is O=C(O)c1nc2ccccc2n([C@@H]2C[C@H]3N(C45CC6CC(CC4C6)C5)[C@@H]4CCC43C2)c1=O. The van der Waals surface area contributed by atoms with Gasteiger partial charge in [0, 0.05) is 29.1 Å². The minimum atomic E-state index is -1.23. The Hall–Kier alpha value is -2.21. The van der Waals surface area contributed by atoms with Gasteiger partial charge in [0.15, 0.2) is 0 Å². The lowest BCUT2D eigenvalue weighted by Gasteiger charge is -2.73. The van der Waals surface area contributed by atoms with E-state index in [0.29, 0.717) is 28.6 Å². The molecule has 6 saturated carbocycles. The first-order valence-electron chi connectivity index (χ1n) is 12.5. The Balaban J connectivity index is 1.22. The topological polar surface area (TPSA) is 75.4 Å². The van der Waals surface area contributed by atoms with Gasteiger partial charge in [0.25, 0.3) is 5.56 Å². The summed E-state index contributed by atoms with van der Waals surface area (Å²) in [6.45, 7) is 0. The van der Waals surface area contributed by atoms with Crippen molar-refractivity contribution >= 4 is 17.0 Å². The number of aromatic carboxylic acids is 1. The van der Waals surface area contributed by atoms with Crippen molar-refractivity contribution in [2.75, 3.05) is 0 Å². The summed E-state index contributed by atoms with van der Waals surface area (Å²) in [7, 11) is 0. The molecule has 2 aromatic rings. The number of benzene rings is 1. The molecule has 7 fully saturated rings. The first kappa shape index (κ1) is 18.2. The van der Waals surface area contributed by atoms with Crippen LogP contribution in [0, 0.1) is 23.2 Å². The number of para-hydroxylation sites is 2. The van der Waals surface area contributed by atoms with Gasteiger partial charge in [-0.2, -0.15) is 0 Å². The highest BCUT2D eigenvalue weighted by Crippen LogP contribution is 2.74. The van der Waals surface area contributed by atoms with Crippen LogP contribution in [0.4, 0.5) is 0 Å². The van der Waals surface area contributed by atoms with Gasteiger partial charge in [0.2, 0.25) is 5.69 Å². The second-order valence-corrected chi connectivity index (χ2v) is 11.9. The first-order valence-corrected chi connectivity index (χ1v) is 12.5. The molecule has 6 nitrogen and oxygen atoms in total. The maximum absolute atomic E-state index is 13.3. The van der Waals surface area contributed by atoms with Crippen molar-refractivity contribution in [3.8, 4) is 0 Å². The van der Waals surface area contributed by atoms with Crippen LogP contribution in [0.5, 0.6) is 0 Å². The monoisotopic (exact) mass is 431 g/mol. The van der Waals surface area contributed by atoms with Gasteiger partial charge in [-0.05, 0) is 87.7 Å². The Kier molecular flexibility index (Phi) is 3.22. The zero-order valence-corrected chi connectivity index (χ0v) is 18.2. The fraction of sp³-hybridized carbons (Fsp3) is 0.654. The summed E-state index contributed by atoms with van der Waals surface area (Å²) in [6.07, 6.45) is 11.7. The first-order chi connectivity index (χ1) is 15.5. The van der Waals surface area contributed by atoms with E-state index in [0.717, 1.165) is 36.1 Å². The van der Waals surface area contributed by atoms with Crippen molar-refractivity contribution in [1.82, 2.24) is 14.5 Å². The van der Waals surface area contributed by atoms with Crippen molar-refractivity contribution in [2.45, 2.75) is 81.5 Å². The number of fused-ring (bicyclic) bond motifs is 1. The van der Waals surface area contributed by atoms with Crippen LogP contribution >= 0.6 is 0 Å². The number of rotatable bonds is 3. The lowest BCUT2D eigenvalue weighted by molar-refractivity contribution is -0.240. The summed E-state index contributed by atoms with van der Waals surface area (Å²) in [5.74, 6) is 1.57. The van der Waals surface area contributed by atoms with Crippen LogP contribution in [0.1, 0.15) is 74.3 Å². The Bertz CT molecular complexity index is 1240. The third kappa shape index (κ3) is 1.92. The molecule has 1 N–H and O–H groups in total. The molecule has 1 aliphatic heterocycles. The lowest BCUT2D eigenvalue weighted by atomic mass is 9.51. The number of hydrogen-bond donors (Lipinski definition) is 1. The molecule has 6 heteroatoms. The highest BCUT2D eigenvalue weighted by molar-refractivity contribution is 5.88. The van der Waals surface area contributed by atoms with Crippen LogP contribution < -0.4 is 5.56 Å². The molecule has 1 aromatic heterocycles. The summed E-state index contributed by atoms with van der Waals surface area (Å²) in [5.41, 5.74) is 1.42. The largest absolute Gasteiger partial charge is 0.476 e. The van der Waals surface area contributed by atoms with Gasteiger partial charge < -0.3 is 9.67 Å². The van der Waals surface area contributed by atoms with Crippen molar-refractivity contribution in [3.63, 3.8) is 0 Å². The lowest BCUT2D eigenvalue weighted by Crippen LogP contribution is -2.80. The fourth-order valence-corrected chi connectivity index (χ4v) is 10.0. The number of carboxylic acid groups (broad SMARTS) is 1. The van der Waals surface area contributed by atoms with Crippen LogP contribution in [0.25, 0.3) is 11.0 Å². The number of carboxylic acids is 1. The van der Waals surface area contributed by atoms with Gasteiger partial charge in [0.1, 0.15) is 0 Å². The third-order valence-corrected chi connectivity index (χ3v) is 10.8. The van der Waals surface area contributed by atoms with Crippen molar-refractivity contribution in [3.05, 3.63) is 40.3 Å². The fourth-order valence-electron chi connectivity index (χ4n) is 10.0. The van der Waals surface area contributed by atoms with E-state index in [2.05, 4.69) is 9.88 Å².